The summed E-state index contributed by atoms with van der Waals surface area (Å²) >= 11 is 0. The molecule has 1 aliphatic carbocycles. The minimum atomic E-state index is -0.924. The molecule has 0 radical (unpaired) electrons. The summed E-state index contributed by atoms with van der Waals surface area (Å²) in [4.78, 5) is 11.8. The monoisotopic (exact) mass is 472 g/mol. The molecular formula is C28H38F2N2O2. The maximum absolute atomic E-state index is 13.7. The van der Waals surface area contributed by atoms with Gasteiger partial charge in [0.1, 0.15) is 11.6 Å². The summed E-state index contributed by atoms with van der Waals surface area (Å²) in [6, 6.07) is 11.4. The van der Waals surface area contributed by atoms with Gasteiger partial charge in [-0.1, -0.05) is 57.4 Å². The maximum atomic E-state index is 13.7. The minimum absolute atomic E-state index is 0.133. The average Bonchev–Trinajstić information content (AvgIpc) is 2.81. The Balaban J connectivity index is 1.79. The summed E-state index contributed by atoms with van der Waals surface area (Å²) in [7, 11) is 0. The molecule has 2 aromatic rings. The molecule has 0 aliphatic heterocycles. The number of amides is 1. The lowest BCUT2D eigenvalue weighted by Gasteiger charge is -2.40. The highest BCUT2D eigenvalue weighted by molar-refractivity contribution is 5.73. The fourth-order valence-electron chi connectivity index (χ4n) is 5.07. The number of hydrogen-bond donors (Lipinski definition) is 3. The van der Waals surface area contributed by atoms with Gasteiger partial charge in [0.05, 0.1) is 12.1 Å². The van der Waals surface area contributed by atoms with Crippen LogP contribution in [-0.2, 0) is 16.8 Å². The van der Waals surface area contributed by atoms with Crippen LogP contribution < -0.4 is 10.6 Å². The second kappa shape index (κ2) is 11.9. The molecule has 3 N–H and O–H groups in total. The van der Waals surface area contributed by atoms with Crippen LogP contribution in [0, 0.1) is 11.6 Å². The SMILES string of the molecule is CCC(C)c1cccc(C2(NC[C@H](O)[C@H](Cc3cc(F)cc(F)c3)NC(C)=O)CCCCC2)c1. The number of carbonyl (C=O) groups excluding carboxylic acids is 1. The molecule has 186 valence electrons. The quantitative estimate of drug-likeness (QED) is 0.438. The maximum Gasteiger partial charge on any atom is 0.217 e. The number of hydrogen-bond acceptors (Lipinski definition) is 3. The van der Waals surface area contributed by atoms with Gasteiger partial charge in [0.25, 0.3) is 0 Å². The smallest absolute Gasteiger partial charge is 0.217 e. The molecule has 0 aromatic heterocycles. The van der Waals surface area contributed by atoms with Gasteiger partial charge >= 0.3 is 0 Å². The summed E-state index contributed by atoms with van der Waals surface area (Å²) in [5, 5.41) is 17.5. The predicted octanol–water partition coefficient (Wildman–Crippen LogP) is 5.34. The zero-order valence-corrected chi connectivity index (χ0v) is 20.5. The molecule has 1 fully saturated rings. The molecule has 6 heteroatoms. The van der Waals surface area contributed by atoms with Gasteiger partial charge < -0.3 is 15.7 Å². The fourth-order valence-corrected chi connectivity index (χ4v) is 5.07. The van der Waals surface area contributed by atoms with Gasteiger partial charge in [-0.25, -0.2) is 8.78 Å². The van der Waals surface area contributed by atoms with Gasteiger partial charge in [0.15, 0.2) is 0 Å². The molecule has 1 amide bonds. The van der Waals surface area contributed by atoms with E-state index in [4.69, 9.17) is 0 Å². The lowest BCUT2D eigenvalue weighted by atomic mass is 9.75. The van der Waals surface area contributed by atoms with Crippen molar-refractivity contribution in [2.45, 2.75) is 89.3 Å². The summed E-state index contributed by atoms with van der Waals surface area (Å²) < 4.78 is 27.4. The van der Waals surface area contributed by atoms with E-state index >= 15 is 0 Å². The van der Waals surface area contributed by atoms with Crippen LogP contribution in [0.3, 0.4) is 0 Å². The Bertz CT molecular complexity index is 939. The van der Waals surface area contributed by atoms with Crippen LogP contribution in [0.2, 0.25) is 0 Å². The van der Waals surface area contributed by atoms with Gasteiger partial charge in [-0.15, -0.1) is 0 Å². The average molecular weight is 473 g/mol. The molecule has 1 saturated carbocycles. The highest BCUT2D eigenvalue weighted by atomic mass is 19.1. The van der Waals surface area contributed by atoms with E-state index in [0.717, 1.165) is 38.2 Å². The molecular weight excluding hydrogens is 434 g/mol. The van der Waals surface area contributed by atoms with Gasteiger partial charge in [-0.3, -0.25) is 4.79 Å². The highest BCUT2D eigenvalue weighted by Gasteiger charge is 2.35. The topological polar surface area (TPSA) is 61.4 Å². The predicted molar refractivity (Wildman–Crippen MR) is 132 cm³/mol. The number of benzene rings is 2. The molecule has 0 saturated heterocycles. The normalized spacial score (nSPS) is 18.2. The van der Waals surface area contributed by atoms with Crippen molar-refractivity contribution < 1.29 is 18.7 Å². The standard InChI is InChI=1S/C28H38F2N2O2/c1-4-19(2)22-9-8-10-23(16-22)28(11-6-5-7-12-28)31-18-27(34)26(32-20(3)33)15-21-13-24(29)17-25(30)14-21/h8-10,13-14,16-17,19,26-27,31,34H,4-7,11-12,15,18H2,1-3H3,(H,32,33)/t19?,26-,27-/m0/s1. The summed E-state index contributed by atoms with van der Waals surface area (Å²) in [5.74, 6) is -1.17. The molecule has 0 bridgehead atoms. The van der Waals surface area contributed by atoms with Crippen LogP contribution in [0.1, 0.15) is 81.9 Å². The third-order valence-corrected chi connectivity index (χ3v) is 7.21. The Labute approximate surface area is 202 Å². The number of nitrogens with one attached hydrogen (secondary N) is 2. The largest absolute Gasteiger partial charge is 0.390 e. The van der Waals surface area contributed by atoms with E-state index < -0.39 is 23.8 Å². The summed E-state index contributed by atoms with van der Waals surface area (Å²) in [5.41, 5.74) is 2.70. The van der Waals surface area contributed by atoms with Crippen molar-refractivity contribution in [3.05, 3.63) is 70.8 Å². The number of carbonyl (C=O) groups is 1. The lowest BCUT2D eigenvalue weighted by molar-refractivity contribution is -0.120. The summed E-state index contributed by atoms with van der Waals surface area (Å²) in [6.45, 7) is 6.06. The van der Waals surface area contributed by atoms with Crippen LogP contribution >= 0.6 is 0 Å². The number of aliphatic hydroxyl groups excluding tert-OH is 1. The van der Waals surface area contributed by atoms with E-state index in [2.05, 4.69) is 48.7 Å². The molecule has 2 aromatic carbocycles. The third kappa shape index (κ3) is 6.86. The Kier molecular flexibility index (Phi) is 9.20. The fraction of sp³-hybridized carbons (Fsp3) is 0.536. The van der Waals surface area contributed by atoms with Gasteiger partial charge in [0, 0.05) is 25.1 Å². The van der Waals surface area contributed by atoms with E-state index in [1.807, 2.05) is 0 Å². The Morgan fingerprint density at radius 2 is 1.76 bits per heavy atom. The first-order valence-corrected chi connectivity index (χ1v) is 12.5. The number of halogens is 2. The molecule has 34 heavy (non-hydrogen) atoms. The van der Waals surface area contributed by atoms with Crippen molar-refractivity contribution in [2.75, 3.05) is 6.54 Å². The molecule has 3 atom stereocenters. The van der Waals surface area contributed by atoms with Crippen LogP contribution in [-0.4, -0.2) is 29.7 Å². The van der Waals surface area contributed by atoms with Crippen LogP contribution in [0.25, 0.3) is 0 Å². The van der Waals surface area contributed by atoms with Crippen molar-refractivity contribution in [1.29, 1.82) is 0 Å². The Morgan fingerprint density at radius 3 is 2.38 bits per heavy atom. The molecule has 3 rings (SSSR count). The van der Waals surface area contributed by atoms with Crippen molar-refractivity contribution in [3.8, 4) is 0 Å². The van der Waals surface area contributed by atoms with Crippen molar-refractivity contribution >= 4 is 5.91 Å². The van der Waals surface area contributed by atoms with Crippen LogP contribution in [0.5, 0.6) is 0 Å². The first-order chi connectivity index (χ1) is 16.2. The van der Waals surface area contributed by atoms with Crippen LogP contribution in [0.15, 0.2) is 42.5 Å². The zero-order chi connectivity index (χ0) is 24.7. The molecule has 4 nitrogen and oxygen atoms in total. The van der Waals surface area contributed by atoms with Gasteiger partial charge in [0.2, 0.25) is 5.91 Å². The van der Waals surface area contributed by atoms with Crippen molar-refractivity contribution in [2.24, 2.45) is 0 Å². The lowest BCUT2D eigenvalue weighted by Crippen LogP contribution is -2.53. The van der Waals surface area contributed by atoms with E-state index in [1.54, 1.807) is 0 Å². The molecule has 1 aliphatic rings. The van der Waals surface area contributed by atoms with Crippen LogP contribution in [0.4, 0.5) is 8.78 Å². The second-order valence-electron chi connectivity index (χ2n) is 9.81. The first kappa shape index (κ1) is 26.3. The first-order valence-electron chi connectivity index (χ1n) is 12.5. The zero-order valence-electron chi connectivity index (χ0n) is 20.5. The highest BCUT2D eigenvalue weighted by Crippen LogP contribution is 2.38. The molecule has 0 heterocycles. The van der Waals surface area contributed by atoms with E-state index in [1.165, 1.54) is 36.6 Å². The van der Waals surface area contributed by atoms with Gasteiger partial charge in [-0.2, -0.15) is 0 Å². The minimum Gasteiger partial charge on any atom is -0.390 e. The second-order valence-corrected chi connectivity index (χ2v) is 9.81. The Hall–Kier alpha value is -2.31. The van der Waals surface area contributed by atoms with Gasteiger partial charge in [-0.05, 0) is 60.4 Å². The Morgan fingerprint density at radius 1 is 1.09 bits per heavy atom. The van der Waals surface area contributed by atoms with Crippen molar-refractivity contribution in [3.63, 3.8) is 0 Å². The molecule has 1 unspecified atom stereocenters. The van der Waals surface area contributed by atoms with Crippen molar-refractivity contribution in [1.82, 2.24) is 10.6 Å². The number of aliphatic hydroxyl groups is 1. The van der Waals surface area contributed by atoms with E-state index in [-0.39, 0.29) is 24.4 Å². The molecule has 0 spiro atoms. The summed E-state index contributed by atoms with van der Waals surface area (Å²) in [6.07, 6.45) is 5.63. The third-order valence-electron chi connectivity index (χ3n) is 7.21. The number of rotatable bonds is 10. The van der Waals surface area contributed by atoms with E-state index in [0.29, 0.717) is 11.5 Å². The van der Waals surface area contributed by atoms with E-state index in [9.17, 15) is 18.7 Å².